The number of amides is 2. The molecule has 0 aliphatic carbocycles. The second kappa shape index (κ2) is 7.94. The van der Waals surface area contributed by atoms with Gasteiger partial charge in [0.15, 0.2) is 0 Å². The van der Waals surface area contributed by atoms with Crippen molar-refractivity contribution in [2.24, 2.45) is 0 Å². The van der Waals surface area contributed by atoms with Gasteiger partial charge in [-0.1, -0.05) is 41.4 Å². The smallest absolute Gasteiger partial charge is 0.248 e. The molecular formula is C20H18Cl2N2O2. The van der Waals surface area contributed by atoms with Gasteiger partial charge in [0.05, 0.1) is 10.7 Å². The molecule has 0 spiro atoms. The molecule has 1 fully saturated rings. The van der Waals surface area contributed by atoms with E-state index in [1.807, 2.05) is 25.1 Å². The summed E-state index contributed by atoms with van der Waals surface area (Å²) in [6.45, 7) is 2.50. The summed E-state index contributed by atoms with van der Waals surface area (Å²) in [5.74, 6) is -0.228. The molecule has 1 heterocycles. The van der Waals surface area contributed by atoms with Crippen LogP contribution in [0.4, 0.5) is 11.4 Å². The van der Waals surface area contributed by atoms with Crippen LogP contribution in [0, 0.1) is 0 Å². The highest BCUT2D eigenvalue weighted by atomic mass is 35.5. The van der Waals surface area contributed by atoms with E-state index in [0.717, 1.165) is 23.2 Å². The van der Waals surface area contributed by atoms with Gasteiger partial charge in [-0.25, -0.2) is 0 Å². The van der Waals surface area contributed by atoms with E-state index in [0.29, 0.717) is 28.7 Å². The number of anilines is 2. The molecule has 134 valence electrons. The Morgan fingerprint density at radius 2 is 1.92 bits per heavy atom. The van der Waals surface area contributed by atoms with Crippen molar-refractivity contribution in [1.82, 2.24) is 0 Å². The Morgan fingerprint density at radius 1 is 1.15 bits per heavy atom. The first-order valence-corrected chi connectivity index (χ1v) is 9.05. The summed E-state index contributed by atoms with van der Waals surface area (Å²) in [6, 6.07) is 12.5. The lowest BCUT2D eigenvalue weighted by Crippen LogP contribution is -2.23. The summed E-state index contributed by atoms with van der Waals surface area (Å²) in [5.41, 5.74) is 2.75. The number of halogens is 2. The molecule has 1 saturated heterocycles. The van der Waals surface area contributed by atoms with Crippen molar-refractivity contribution >= 4 is 52.0 Å². The quantitative estimate of drug-likeness (QED) is 0.735. The molecule has 1 aliphatic heterocycles. The van der Waals surface area contributed by atoms with Crippen LogP contribution in [0.3, 0.4) is 0 Å². The highest BCUT2D eigenvalue weighted by Crippen LogP contribution is 2.30. The minimum Gasteiger partial charge on any atom is -0.321 e. The zero-order chi connectivity index (χ0) is 18.7. The van der Waals surface area contributed by atoms with Crippen molar-refractivity contribution in [1.29, 1.82) is 0 Å². The van der Waals surface area contributed by atoms with Gasteiger partial charge in [0.2, 0.25) is 11.8 Å². The molecule has 0 bridgehead atoms. The highest BCUT2D eigenvalue weighted by molar-refractivity contribution is 6.34. The standard InChI is InChI=1S/C20H18Cl2N2O2/c1-13(15-5-2-3-6-16(15)21)11-19(25)23-18-12-14(8-9-17(18)22)24-10-4-7-20(24)26/h2-3,5-6,8-9,11-12H,4,7,10H2,1H3,(H,23,25). The number of hydrogen-bond donors (Lipinski definition) is 1. The number of carbonyl (C=O) groups is 2. The number of carbonyl (C=O) groups excluding carboxylic acids is 2. The lowest BCUT2D eigenvalue weighted by molar-refractivity contribution is -0.117. The Morgan fingerprint density at radius 3 is 2.62 bits per heavy atom. The molecule has 2 amide bonds. The average Bonchev–Trinajstić information content (AvgIpc) is 3.03. The normalized spacial score (nSPS) is 14.7. The maximum Gasteiger partial charge on any atom is 0.248 e. The van der Waals surface area contributed by atoms with Crippen LogP contribution in [-0.2, 0) is 9.59 Å². The number of allylic oxidation sites excluding steroid dienone is 1. The van der Waals surface area contributed by atoms with Gasteiger partial charge in [0.1, 0.15) is 0 Å². The maximum absolute atomic E-state index is 12.4. The third-order valence-electron chi connectivity index (χ3n) is 4.24. The summed E-state index contributed by atoms with van der Waals surface area (Å²) in [5, 5.41) is 3.78. The predicted molar refractivity (Wildman–Crippen MR) is 107 cm³/mol. The average molecular weight is 389 g/mol. The van der Waals surface area contributed by atoms with E-state index in [1.165, 1.54) is 6.08 Å². The number of hydrogen-bond acceptors (Lipinski definition) is 2. The van der Waals surface area contributed by atoms with Crippen LogP contribution < -0.4 is 10.2 Å². The minimum atomic E-state index is -0.311. The van der Waals surface area contributed by atoms with Crippen LogP contribution in [0.25, 0.3) is 5.57 Å². The largest absolute Gasteiger partial charge is 0.321 e. The van der Waals surface area contributed by atoms with Crippen molar-refractivity contribution in [3.8, 4) is 0 Å². The van der Waals surface area contributed by atoms with E-state index in [2.05, 4.69) is 5.32 Å². The van der Waals surface area contributed by atoms with E-state index in [9.17, 15) is 9.59 Å². The van der Waals surface area contributed by atoms with Crippen molar-refractivity contribution in [2.45, 2.75) is 19.8 Å². The van der Waals surface area contributed by atoms with Gasteiger partial charge in [0.25, 0.3) is 0 Å². The fourth-order valence-corrected chi connectivity index (χ4v) is 3.37. The summed E-state index contributed by atoms with van der Waals surface area (Å²) in [4.78, 5) is 26.0. The van der Waals surface area contributed by atoms with Crippen molar-refractivity contribution < 1.29 is 9.59 Å². The predicted octanol–water partition coefficient (Wildman–Crippen LogP) is 5.16. The molecule has 2 aromatic rings. The first-order chi connectivity index (χ1) is 12.5. The molecule has 3 rings (SSSR count). The number of benzene rings is 2. The molecule has 1 aliphatic rings. The van der Waals surface area contributed by atoms with Crippen LogP contribution in [0.1, 0.15) is 25.3 Å². The molecule has 0 unspecified atom stereocenters. The highest BCUT2D eigenvalue weighted by Gasteiger charge is 2.22. The Labute approximate surface area is 162 Å². The van der Waals surface area contributed by atoms with Crippen LogP contribution in [-0.4, -0.2) is 18.4 Å². The van der Waals surface area contributed by atoms with Gasteiger partial charge in [-0.3, -0.25) is 9.59 Å². The van der Waals surface area contributed by atoms with E-state index in [1.54, 1.807) is 29.2 Å². The van der Waals surface area contributed by atoms with E-state index < -0.39 is 0 Å². The van der Waals surface area contributed by atoms with Gasteiger partial charge >= 0.3 is 0 Å². The number of nitrogens with zero attached hydrogens (tertiary/aromatic N) is 1. The molecule has 6 heteroatoms. The van der Waals surface area contributed by atoms with E-state index in [-0.39, 0.29) is 11.8 Å². The SMILES string of the molecule is CC(=CC(=O)Nc1cc(N2CCCC2=O)ccc1Cl)c1ccccc1Cl. The Balaban J connectivity index is 1.80. The molecule has 1 N–H and O–H groups in total. The summed E-state index contributed by atoms with van der Waals surface area (Å²) >= 11 is 12.4. The molecule has 0 aromatic heterocycles. The van der Waals surface area contributed by atoms with Gasteiger partial charge < -0.3 is 10.2 Å². The summed E-state index contributed by atoms with van der Waals surface area (Å²) in [7, 11) is 0. The zero-order valence-electron chi connectivity index (χ0n) is 14.3. The summed E-state index contributed by atoms with van der Waals surface area (Å²) < 4.78 is 0. The number of nitrogens with one attached hydrogen (secondary N) is 1. The Kier molecular flexibility index (Phi) is 5.64. The molecule has 4 nitrogen and oxygen atoms in total. The summed E-state index contributed by atoms with van der Waals surface area (Å²) in [6.07, 6.45) is 2.86. The van der Waals surface area contributed by atoms with Gasteiger partial charge in [-0.2, -0.15) is 0 Å². The molecule has 0 radical (unpaired) electrons. The van der Waals surface area contributed by atoms with Crippen molar-refractivity contribution in [3.63, 3.8) is 0 Å². The monoisotopic (exact) mass is 388 g/mol. The fourth-order valence-electron chi connectivity index (χ4n) is 2.92. The lowest BCUT2D eigenvalue weighted by Gasteiger charge is -2.17. The van der Waals surface area contributed by atoms with Gasteiger partial charge in [0, 0.05) is 29.8 Å². The lowest BCUT2D eigenvalue weighted by atomic mass is 10.1. The molecular weight excluding hydrogens is 371 g/mol. The van der Waals surface area contributed by atoms with E-state index >= 15 is 0 Å². The Bertz CT molecular complexity index is 893. The minimum absolute atomic E-state index is 0.0825. The van der Waals surface area contributed by atoms with Gasteiger partial charge in [-0.05, 0) is 48.7 Å². The third kappa shape index (κ3) is 4.09. The molecule has 26 heavy (non-hydrogen) atoms. The second-order valence-electron chi connectivity index (χ2n) is 6.11. The van der Waals surface area contributed by atoms with Crippen LogP contribution in [0.2, 0.25) is 10.0 Å². The number of rotatable bonds is 4. The van der Waals surface area contributed by atoms with Crippen LogP contribution in [0.5, 0.6) is 0 Å². The van der Waals surface area contributed by atoms with E-state index in [4.69, 9.17) is 23.2 Å². The molecule has 0 atom stereocenters. The van der Waals surface area contributed by atoms with Crippen molar-refractivity contribution in [2.75, 3.05) is 16.8 Å². The zero-order valence-corrected chi connectivity index (χ0v) is 15.8. The first-order valence-electron chi connectivity index (χ1n) is 8.30. The topological polar surface area (TPSA) is 49.4 Å². The van der Waals surface area contributed by atoms with Crippen LogP contribution >= 0.6 is 23.2 Å². The maximum atomic E-state index is 12.4. The first kappa shape index (κ1) is 18.5. The van der Waals surface area contributed by atoms with Crippen LogP contribution in [0.15, 0.2) is 48.5 Å². The fraction of sp³-hybridized carbons (Fsp3) is 0.200. The van der Waals surface area contributed by atoms with Gasteiger partial charge in [-0.15, -0.1) is 0 Å². The third-order valence-corrected chi connectivity index (χ3v) is 4.90. The van der Waals surface area contributed by atoms with Crippen molar-refractivity contribution in [3.05, 3.63) is 64.1 Å². The second-order valence-corrected chi connectivity index (χ2v) is 6.92. The molecule has 2 aromatic carbocycles. The Hall–Kier alpha value is -2.30. The molecule has 0 saturated carbocycles.